The maximum atomic E-state index is 8.84. The first-order valence-electron chi connectivity index (χ1n) is 4.39. The number of aromatic nitrogens is 2. The van der Waals surface area contributed by atoms with Crippen LogP contribution in [0.1, 0.15) is 5.69 Å². The summed E-state index contributed by atoms with van der Waals surface area (Å²) in [6.45, 7) is 0. The number of hydrogen-bond donors (Lipinski definition) is 1. The second-order valence-electron chi connectivity index (χ2n) is 3.10. The van der Waals surface area contributed by atoms with E-state index < -0.39 is 0 Å². The van der Waals surface area contributed by atoms with E-state index in [1.807, 2.05) is 30.4 Å². The van der Waals surface area contributed by atoms with E-state index in [0.29, 0.717) is 10.8 Å². The molecule has 0 fully saturated rings. The molecule has 4 nitrogen and oxygen atoms in total. The summed E-state index contributed by atoms with van der Waals surface area (Å²) in [5.41, 5.74) is 1.87. The summed E-state index contributed by atoms with van der Waals surface area (Å²) in [5, 5.41) is 16.4. The minimum absolute atomic E-state index is 0.240. The van der Waals surface area contributed by atoms with Crippen molar-refractivity contribution in [2.24, 2.45) is 7.05 Å². The summed E-state index contributed by atoms with van der Waals surface area (Å²) >= 11 is 0. The van der Waals surface area contributed by atoms with Gasteiger partial charge in [-0.05, 0) is 0 Å². The number of nitrogens with one attached hydrogen (secondary N) is 1. The molecule has 0 aliphatic heterocycles. The number of allylic oxidation sites excluding steroid dienone is 4. The van der Waals surface area contributed by atoms with Crippen LogP contribution >= 0.6 is 0 Å². The van der Waals surface area contributed by atoms with Gasteiger partial charge in [0.1, 0.15) is 16.9 Å². The third-order valence-electron chi connectivity index (χ3n) is 2.24. The zero-order valence-corrected chi connectivity index (χ0v) is 8.15. The van der Waals surface area contributed by atoms with Crippen molar-refractivity contribution in [3.63, 3.8) is 0 Å². The second-order valence-corrected chi connectivity index (χ2v) is 3.10. The Labute approximate surface area is 86.3 Å². The number of hydrogen-bond acceptors (Lipinski definition) is 3. The van der Waals surface area contributed by atoms with Crippen LogP contribution in [0.5, 0.6) is 0 Å². The second kappa shape index (κ2) is 3.41. The third-order valence-corrected chi connectivity index (χ3v) is 2.24. The van der Waals surface area contributed by atoms with Crippen molar-refractivity contribution >= 4 is 11.4 Å². The van der Waals surface area contributed by atoms with Gasteiger partial charge in [0.05, 0.1) is 0 Å². The van der Waals surface area contributed by atoms with Crippen LogP contribution in [-0.4, -0.2) is 15.4 Å². The van der Waals surface area contributed by atoms with E-state index >= 15 is 0 Å². The van der Waals surface area contributed by atoms with E-state index in [1.54, 1.807) is 11.6 Å². The summed E-state index contributed by atoms with van der Waals surface area (Å²) in [4.78, 5) is 4.16. The van der Waals surface area contributed by atoms with Gasteiger partial charge in [0.2, 0.25) is 0 Å². The fraction of sp³-hybridized carbons (Fsp3) is 0.0909. The molecule has 1 aliphatic carbocycles. The first-order chi connectivity index (χ1) is 7.27. The van der Waals surface area contributed by atoms with Gasteiger partial charge in [0.25, 0.3) is 0 Å². The van der Waals surface area contributed by atoms with Crippen molar-refractivity contribution in [1.29, 1.82) is 10.7 Å². The molecule has 1 aromatic rings. The van der Waals surface area contributed by atoms with Gasteiger partial charge in [-0.2, -0.15) is 5.26 Å². The van der Waals surface area contributed by atoms with E-state index in [1.165, 1.54) is 0 Å². The molecule has 0 atom stereocenters. The van der Waals surface area contributed by atoms with Gasteiger partial charge in [0.15, 0.2) is 5.69 Å². The van der Waals surface area contributed by atoms with Crippen molar-refractivity contribution in [1.82, 2.24) is 9.55 Å². The van der Waals surface area contributed by atoms with Gasteiger partial charge in [-0.3, -0.25) is 5.41 Å². The van der Waals surface area contributed by atoms with Crippen molar-refractivity contribution in [2.45, 2.75) is 0 Å². The average Bonchev–Trinajstić information content (AvgIpc) is 2.84. The standard InChI is InChI=1S/C11H8N4/c1-15-10(7-13)9(6-12)14-11(15)8-4-2-3-5-8/h2-5,13H,1H3. The summed E-state index contributed by atoms with van der Waals surface area (Å²) in [7, 11) is 1.77. The molecule has 15 heavy (non-hydrogen) atoms. The van der Waals surface area contributed by atoms with Crippen LogP contribution in [0.2, 0.25) is 0 Å². The molecule has 1 aromatic heterocycles. The Morgan fingerprint density at radius 1 is 1.40 bits per heavy atom. The molecule has 0 spiro atoms. The summed E-state index contributed by atoms with van der Waals surface area (Å²) < 4.78 is 1.70. The highest BCUT2D eigenvalue weighted by Crippen LogP contribution is 2.04. The van der Waals surface area contributed by atoms with Gasteiger partial charge >= 0.3 is 0 Å². The van der Waals surface area contributed by atoms with E-state index in [2.05, 4.69) is 10.9 Å². The Kier molecular flexibility index (Phi) is 2.09. The largest absolute Gasteiger partial charge is 0.319 e. The summed E-state index contributed by atoms with van der Waals surface area (Å²) in [6, 6.07) is 1.96. The highest BCUT2D eigenvalue weighted by Gasteiger charge is 2.06. The van der Waals surface area contributed by atoms with Crippen LogP contribution in [0.3, 0.4) is 0 Å². The maximum Gasteiger partial charge on any atom is 0.176 e. The number of nitriles is 1. The molecular weight excluding hydrogens is 188 g/mol. The van der Waals surface area contributed by atoms with Crippen molar-refractivity contribution < 1.29 is 0 Å². The fourth-order valence-corrected chi connectivity index (χ4v) is 1.50. The lowest BCUT2D eigenvalue weighted by Crippen LogP contribution is -2.26. The first kappa shape index (κ1) is 9.20. The topological polar surface area (TPSA) is 65.5 Å². The molecule has 4 heteroatoms. The Balaban J connectivity index is 2.96. The highest BCUT2D eigenvalue weighted by molar-refractivity contribution is 5.70. The lowest BCUT2D eigenvalue weighted by atomic mass is 10.3. The van der Waals surface area contributed by atoms with Crippen LogP contribution < -0.4 is 10.8 Å². The van der Waals surface area contributed by atoms with E-state index in [0.717, 1.165) is 5.57 Å². The quantitative estimate of drug-likeness (QED) is 0.568. The zero-order chi connectivity index (χ0) is 10.8. The van der Waals surface area contributed by atoms with E-state index in [9.17, 15) is 0 Å². The molecular formula is C11H8N4. The number of imidazole rings is 1. The molecule has 0 amide bonds. The third kappa shape index (κ3) is 1.32. The Bertz CT molecular complexity index is 632. The molecule has 1 N–H and O–H groups in total. The van der Waals surface area contributed by atoms with Crippen LogP contribution in [0, 0.1) is 16.7 Å². The van der Waals surface area contributed by atoms with Gasteiger partial charge < -0.3 is 4.57 Å². The first-order valence-corrected chi connectivity index (χ1v) is 4.39. The summed E-state index contributed by atoms with van der Waals surface area (Å²) in [5.74, 6) is 2.23. The van der Waals surface area contributed by atoms with Crippen LogP contribution in [0.15, 0.2) is 24.3 Å². The van der Waals surface area contributed by atoms with E-state index in [-0.39, 0.29) is 5.69 Å². The van der Waals surface area contributed by atoms with Gasteiger partial charge in [-0.15, -0.1) is 0 Å². The maximum absolute atomic E-state index is 8.84. The molecule has 0 saturated carbocycles. The van der Waals surface area contributed by atoms with Crippen molar-refractivity contribution in [2.75, 3.05) is 0 Å². The molecule has 0 aromatic carbocycles. The lowest BCUT2D eigenvalue weighted by molar-refractivity contribution is 0.842. The van der Waals surface area contributed by atoms with Gasteiger partial charge in [-0.25, -0.2) is 4.98 Å². The molecule has 72 valence electrons. The monoisotopic (exact) mass is 196 g/mol. The van der Waals surface area contributed by atoms with Gasteiger partial charge in [0, 0.05) is 18.5 Å². The summed E-state index contributed by atoms with van der Waals surface area (Å²) in [6.07, 6.45) is 7.64. The molecule has 1 aliphatic rings. The zero-order valence-electron chi connectivity index (χ0n) is 8.15. The SMILES string of the molecule is Cn1c(=C2C=CC=C2)nc(C#N)c1=C=N. The fourth-order valence-electron chi connectivity index (χ4n) is 1.50. The molecule has 2 rings (SSSR count). The number of rotatable bonds is 0. The Morgan fingerprint density at radius 2 is 2.07 bits per heavy atom. The predicted octanol–water partition coefficient (Wildman–Crippen LogP) is -0.511. The Morgan fingerprint density at radius 3 is 2.53 bits per heavy atom. The van der Waals surface area contributed by atoms with Crippen LogP contribution in [-0.2, 0) is 7.05 Å². The smallest absolute Gasteiger partial charge is 0.176 e. The van der Waals surface area contributed by atoms with Crippen molar-refractivity contribution in [3.8, 4) is 6.07 Å². The lowest BCUT2D eigenvalue weighted by Gasteiger charge is -1.91. The van der Waals surface area contributed by atoms with Crippen LogP contribution in [0.4, 0.5) is 0 Å². The molecule has 0 unspecified atom stereocenters. The number of nitrogens with zero attached hydrogens (tertiary/aromatic N) is 3. The normalized spacial score (nSPS) is 12.9. The highest BCUT2D eigenvalue weighted by atomic mass is 15.0. The molecule has 1 heterocycles. The molecule has 0 saturated heterocycles. The minimum atomic E-state index is 0.240. The van der Waals surface area contributed by atoms with E-state index in [4.69, 9.17) is 10.7 Å². The predicted molar refractivity (Wildman–Crippen MR) is 55.7 cm³/mol. The average molecular weight is 196 g/mol. The Hall–Kier alpha value is -2.37. The minimum Gasteiger partial charge on any atom is -0.319 e. The van der Waals surface area contributed by atoms with Crippen molar-refractivity contribution in [3.05, 3.63) is 40.8 Å². The van der Waals surface area contributed by atoms with Crippen LogP contribution in [0.25, 0.3) is 5.57 Å². The molecule has 0 bridgehead atoms. The molecule has 0 radical (unpaired) electrons. The van der Waals surface area contributed by atoms with Gasteiger partial charge in [-0.1, -0.05) is 24.3 Å².